The molecule has 0 aliphatic rings. The number of fused-ring (bicyclic) bond motifs is 2. The van der Waals surface area contributed by atoms with Crippen LogP contribution in [0.3, 0.4) is 0 Å². The van der Waals surface area contributed by atoms with Crippen LogP contribution in [0.2, 0.25) is 0 Å². The monoisotopic (exact) mass is 633 g/mol. The minimum Gasteiger partial charge on any atom is -0.267 e. The summed E-state index contributed by atoms with van der Waals surface area (Å²) in [5.74, 6) is -0.990. The van der Waals surface area contributed by atoms with Crippen molar-refractivity contribution in [1.29, 1.82) is 0 Å². The molecule has 0 saturated carbocycles. The highest BCUT2D eigenvalue weighted by Crippen LogP contribution is 2.21. The Balaban J connectivity index is 0.940. The number of nitrogens with zero attached hydrogens (tertiary/aromatic N) is 7. The van der Waals surface area contributed by atoms with E-state index in [1.807, 2.05) is 99.3 Å². The number of nitrogens with one attached hydrogen (secondary N) is 2. The van der Waals surface area contributed by atoms with Crippen LogP contribution in [0.1, 0.15) is 31.8 Å². The number of aromatic nitrogens is 5. The zero-order valence-electron chi connectivity index (χ0n) is 26.2. The van der Waals surface area contributed by atoms with Gasteiger partial charge >= 0.3 is 0 Å². The topological polar surface area (TPSA) is 114 Å². The molecule has 0 unspecified atom stereocenters. The van der Waals surface area contributed by atoms with E-state index in [2.05, 4.69) is 68.5 Å². The summed E-state index contributed by atoms with van der Waals surface area (Å²) in [6.45, 7) is 0. The van der Waals surface area contributed by atoms with Crippen molar-refractivity contribution < 1.29 is 18.4 Å². The predicted octanol–water partition coefficient (Wildman–Crippen LogP) is 4.10. The molecule has 5 heterocycles. The average Bonchev–Trinajstić information content (AvgIpc) is 3.65. The lowest BCUT2D eigenvalue weighted by molar-refractivity contribution is -0.510. The molecule has 7 aromatic rings. The van der Waals surface area contributed by atoms with Crippen molar-refractivity contribution in [3.05, 3.63) is 150 Å². The molecule has 2 aromatic carbocycles. The second-order valence-electron chi connectivity index (χ2n) is 11.2. The molecule has 7 rings (SSSR count). The van der Waals surface area contributed by atoms with Crippen LogP contribution in [-0.4, -0.2) is 38.4 Å². The van der Waals surface area contributed by atoms with E-state index in [1.54, 1.807) is 12.4 Å². The van der Waals surface area contributed by atoms with E-state index in [-0.39, 0.29) is 11.1 Å². The molecular formula is C37H31N9O2+2. The molecule has 48 heavy (non-hydrogen) atoms. The van der Waals surface area contributed by atoms with Gasteiger partial charge in [0, 0.05) is 35.7 Å². The highest BCUT2D eigenvalue weighted by molar-refractivity contribution is 5.99. The Kier molecular flexibility index (Phi) is 8.06. The average molecular weight is 634 g/mol. The molecule has 11 nitrogen and oxygen atoms in total. The van der Waals surface area contributed by atoms with Gasteiger partial charge in [-0.15, -0.1) is 0 Å². The van der Waals surface area contributed by atoms with Gasteiger partial charge in [0.1, 0.15) is 12.4 Å². The molecule has 5 aromatic heterocycles. The van der Waals surface area contributed by atoms with Gasteiger partial charge in [-0.1, -0.05) is 36.4 Å². The second kappa shape index (κ2) is 12.9. The fourth-order valence-electron chi connectivity index (χ4n) is 5.53. The van der Waals surface area contributed by atoms with E-state index in [4.69, 9.17) is 0 Å². The summed E-state index contributed by atoms with van der Waals surface area (Å²) >= 11 is 0. The van der Waals surface area contributed by atoms with E-state index in [1.165, 1.54) is 18.5 Å². The third-order valence-corrected chi connectivity index (χ3v) is 8.10. The summed E-state index contributed by atoms with van der Waals surface area (Å²) in [5, 5.41) is 8.17. The Bertz CT molecular complexity index is 2190. The van der Waals surface area contributed by atoms with Crippen molar-refractivity contribution in [3.8, 4) is 22.5 Å². The van der Waals surface area contributed by atoms with Crippen LogP contribution in [-0.2, 0) is 14.1 Å². The maximum absolute atomic E-state index is 12.7. The number of hydrazone groups is 2. The number of rotatable bonds is 8. The van der Waals surface area contributed by atoms with Crippen LogP contribution in [0.4, 0.5) is 0 Å². The summed E-state index contributed by atoms with van der Waals surface area (Å²) in [6.07, 6.45) is 14.1. The third kappa shape index (κ3) is 6.07. The zero-order chi connectivity index (χ0) is 33.0. The first-order chi connectivity index (χ1) is 23.4. The van der Waals surface area contributed by atoms with E-state index in [0.717, 1.165) is 44.9 Å². The number of carbonyl (C=O) groups excluding carboxylic acids is 2. The van der Waals surface area contributed by atoms with Gasteiger partial charge in [0.2, 0.25) is 0 Å². The van der Waals surface area contributed by atoms with Crippen molar-refractivity contribution in [2.24, 2.45) is 24.3 Å². The zero-order valence-corrected chi connectivity index (χ0v) is 26.2. The van der Waals surface area contributed by atoms with Crippen molar-refractivity contribution >= 4 is 35.5 Å². The molecule has 234 valence electrons. The molecule has 0 atom stereocenters. The lowest BCUT2D eigenvalue weighted by atomic mass is 10.1. The van der Waals surface area contributed by atoms with E-state index in [0.29, 0.717) is 0 Å². The van der Waals surface area contributed by atoms with Crippen LogP contribution >= 0.6 is 0 Å². The second-order valence-corrected chi connectivity index (χ2v) is 11.2. The number of amides is 2. The standard InChI is InChI=1S/C37H29N9O2/c1-43-32(24-45-17-5-3-7-34(43)45)28-13-9-26(10-14-28)20-39-41-36(47)30-19-31(23-38-22-30)37(48)42-40-21-27-11-15-29(16-12-27)33-25-46-18-6-4-8-35(46)44(33)2/h3-25H,1-2H3/p+2. The van der Waals surface area contributed by atoms with Gasteiger partial charge < -0.3 is 0 Å². The number of hydrogen-bond acceptors (Lipinski definition) is 5. The summed E-state index contributed by atoms with van der Waals surface area (Å²) in [6, 6.07) is 29.3. The number of hydrogen-bond donors (Lipinski definition) is 2. The number of carbonyl (C=O) groups is 2. The van der Waals surface area contributed by atoms with Gasteiger partial charge in [0.05, 0.1) is 50.0 Å². The van der Waals surface area contributed by atoms with Gasteiger partial charge in [0.25, 0.3) is 23.1 Å². The first kappa shape index (κ1) is 29.9. The highest BCUT2D eigenvalue weighted by Gasteiger charge is 2.16. The minimum atomic E-state index is -0.495. The van der Waals surface area contributed by atoms with Crippen LogP contribution in [0, 0.1) is 0 Å². The normalized spacial score (nSPS) is 11.5. The molecule has 11 heteroatoms. The number of benzene rings is 2. The Morgan fingerprint density at radius 3 is 1.50 bits per heavy atom. The van der Waals surface area contributed by atoms with Crippen LogP contribution in [0.25, 0.3) is 33.8 Å². The maximum Gasteiger partial charge on any atom is 0.286 e. The summed E-state index contributed by atoms with van der Waals surface area (Å²) in [7, 11) is 4.06. The van der Waals surface area contributed by atoms with Gasteiger partial charge in [-0.05, 0) is 53.6 Å². The predicted molar refractivity (Wildman–Crippen MR) is 182 cm³/mol. The van der Waals surface area contributed by atoms with Crippen LogP contribution in [0.15, 0.2) is 138 Å². The van der Waals surface area contributed by atoms with Gasteiger partial charge in [0.15, 0.2) is 11.4 Å². The Labute approximate surface area is 275 Å². The van der Waals surface area contributed by atoms with Crippen molar-refractivity contribution in [2.45, 2.75) is 0 Å². The van der Waals surface area contributed by atoms with E-state index in [9.17, 15) is 9.59 Å². The molecule has 0 spiro atoms. The van der Waals surface area contributed by atoms with Crippen molar-refractivity contribution in [2.75, 3.05) is 0 Å². The Hall–Kier alpha value is -6.75. The molecule has 2 N–H and O–H groups in total. The maximum atomic E-state index is 12.7. The first-order valence-electron chi connectivity index (χ1n) is 15.2. The molecule has 0 radical (unpaired) electrons. The lowest BCUT2D eigenvalue weighted by Gasteiger charge is -2.03. The van der Waals surface area contributed by atoms with Crippen LogP contribution in [0.5, 0.6) is 0 Å². The molecular weight excluding hydrogens is 602 g/mol. The summed E-state index contributed by atoms with van der Waals surface area (Å²) in [4.78, 5) is 29.5. The lowest BCUT2D eigenvalue weighted by Crippen LogP contribution is -2.21. The first-order valence-corrected chi connectivity index (χ1v) is 15.2. The van der Waals surface area contributed by atoms with Crippen molar-refractivity contribution in [1.82, 2.24) is 25.0 Å². The van der Waals surface area contributed by atoms with E-state index >= 15 is 0 Å². The van der Waals surface area contributed by atoms with Crippen molar-refractivity contribution in [3.63, 3.8) is 0 Å². The molecule has 0 fully saturated rings. The fourth-order valence-corrected chi connectivity index (χ4v) is 5.53. The quantitative estimate of drug-likeness (QED) is 0.149. The van der Waals surface area contributed by atoms with Crippen LogP contribution < -0.4 is 19.7 Å². The molecule has 0 bridgehead atoms. The molecule has 2 amide bonds. The minimum absolute atomic E-state index is 0.189. The number of aryl methyl sites for hydroxylation is 2. The smallest absolute Gasteiger partial charge is 0.267 e. The summed E-state index contributed by atoms with van der Waals surface area (Å²) < 4.78 is 8.41. The largest absolute Gasteiger partial charge is 0.286 e. The fraction of sp³-hybridized carbons (Fsp3) is 0.0541. The SMILES string of the molecule is Cn1c(-c2ccc(C=NNC(=O)c3cncc(C(=O)NN=Cc4ccc(-c5c[n+]6ccccc6n5C)cc4)c3)cc2)c[n+]2ccccc12. The molecule has 0 saturated heterocycles. The Morgan fingerprint density at radius 1 is 0.646 bits per heavy atom. The molecule has 0 aliphatic carbocycles. The van der Waals surface area contributed by atoms with Gasteiger partial charge in [-0.25, -0.2) is 28.8 Å². The van der Waals surface area contributed by atoms with Gasteiger partial charge in [-0.3, -0.25) is 14.6 Å². The Morgan fingerprint density at radius 2 is 1.08 bits per heavy atom. The highest BCUT2D eigenvalue weighted by atomic mass is 16.2. The molecule has 0 aliphatic heterocycles. The number of pyridine rings is 3. The third-order valence-electron chi connectivity index (χ3n) is 8.10. The number of imidazole rings is 2. The summed E-state index contributed by atoms with van der Waals surface area (Å²) in [5.41, 5.74) is 13.4. The van der Waals surface area contributed by atoms with Gasteiger partial charge in [-0.2, -0.15) is 10.2 Å². The van der Waals surface area contributed by atoms with E-state index < -0.39 is 11.8 Å².